The molecule has 6 heteroatoms. The van der Waals surface area contributed by atoms with Gasteiger partial charge in [0.25, 0.3) is 0 Å². The second-order valence-electron chi connectivity index (χ2n) is 7.82. The fourth-order valence-electron chi connectivity index (χ4n) is 4.08. The van der Waals surface area contributed by atoms with E-state index < -0.39 is 0 Å². The first kappa shape index (κ1) is 18.6. The monoisotopic (exact) mass is 400 g/mol. The summed E-state index contributed by atoms with van der Waals surface area (Å²) in [6.07, 6.45) is 3.62. The van der Waals surface area contributed by atoms with Gasteiger partial charge >= 0.3 is 0 Å². The number of aromatic nitrogens is 2. The minimum Gasteiger partial charge on any atom is -0.468 e. The van der Waals surface area contributed by atoms with E-state index in [2.05, 4.69) is 20.2 Å². The molecule has 2 aromatic carbocycles. The summed E-state index contributed by atoms with van der Waals surface area (Å²) in [6.45, 7) is 2.50. The summed E-state index contributed by atoms with van der Waals surface area (Å²) in [6, 6.07) is 19.7. The van der Waals surface area contributed by atoms with Gasteiger partial charge in [-0.3, -0.25) is 9.69 Å². The molecule has 0 unspecified atom stereocenters. The number of carbonyl (C=O) groups is 1. The second kappa shape index (κ2) is 8.16. The molecular formula is C24H24N4O2. The van der Waals surface area contributed by atoms with Crippen LogP contribution in [-0.4, -0.2) is 33.9 Å². The molecule has 0 radical (unpaired) electrons. The van der Waals surface area contributed by atoms with Crippen LogP contribution in [0.25, 0.3) is 22.4 Å². The minimum atomic E-state index is -0.0104. The van der Waals surface area contributed by atoms with E-state index in [-0.39, 0.29) is 11.8 Å². The zero-order valence-electron chi connectivity index (χ0n) is 16.7. The average molecular weight is 400 g/mol. The van der Waals surface area contributed by atoms with E-state index in [4.69, 9.17) is 4.42 Å². The molecule has 0 aliphatic carbocycles. The van der Waals surface area contributed by atoms with Crippen LogP contribution in [0.4, 0.5) is 5.69 Å². The minimum absolute atomic E-state index is 0.0104. The number of benzene rings is 2. The highest BCUT2D eigenvalue weighted by molar-refractivity contribution is 5.93. The van der Waals surface area contributed by atoms with Gasteiger partial charge in [-0.25, -0.2) is 4.98 Å². The van der Waals surface area contributed by atoms with Crippen molar-refractivity contribution in [3.05, 3.63) is 72.7 Å². The van der Waals surface area contributed by atoms with Gasteiger partial charge in [0, 0.05) is 17.8 Å². The van der Waals surface area contributed by atoms with Gasteiger partial charge in [0.15, 0.2) is 0 Å². The maximum Gasteiger partial charge on any atom is 0.228 e. The molecule has 1 fully saturated rings. The molecular weight excluding hydrogens is 376 g/mol. The molecule has 152 valence electrons. The Morgan fingerprint density at radius 1 is 1.13 bits per heavy atom. The molecule has 0 bridgehead atoms. The first-order chi connectivity index (χ1) is 14.7. The highest BCUT2D eigenvalue weighted by atomic mass is 16.3. The third-order valence-electron chi connectivity index (χ3n) is 5.65. The Kier molecular flexibility index (Phi) is 5.07. The molecule has 4 aromatic rings. The Bertz CT molecular complexity index is 1100. The molecule has 0 spiro atoms. The summed E-state index contributed by atoms with van der Waals surface area (Å²) in [4.78, 5) is 23.1. The second-order valence-corrected chi connectivity index (χ2v) is 7.82. The third-order valence-corrected chi connectivity index (χ3v) is 5.65. The van der Waals surface area contributed by atoms with Crippen molar-refractivity contribution < 1.29 is 9.21 Å². The van der Waals surface area contributed by atoms with Gasteiger partial charge < -0.3 is 14.7 Å². The maximum absolute atomic E-state index is 12.8. The third kappa shape index (κ3) is 4.00. The number of para-hydroxylation sites is 2. The molecule has 2 aromatic heterocycles. The Labute approximate surface area is 174 Å². The number of likely N-dealkylation sites (tertiary alicyclic amines) is 1. The number of anilines is 1. The van der Waals surface area contributed by atoms with Crippen molar-refractivity contribution in [2.75, 3.05) is 18.4 Å². The number of furan rings is 1. The lowest BCUT2D eigenvalue weighted by molar-refractivity contribution is -0.121. The smallest absolute Gasteiger partial charge is 0.228 e. The maximum atomic E-state index is 12.8. The zero-order valence-corrected chi connectivity index (χ0v) is 16.7. The summed E-state index contributed by atoms with van der Waals surface area (Å²) < 4.78 is 5.44. The van der Waals surface area contributed by atoms with Gasteiger partial charge in [0.1, 0.15) is 11.6 Å². The number of piperidine rings is 1. The van der Waals surface area contributed by atoms with Crippen LogP contribution < -0.4 is 5.32 Å². The molecule has 1 saturated heterocycles. The topological polar surface area (TPSA) is 74.2 Å². The van der Waals surface area contributed by atoms with Crippen molar-refractivity contribution in [2.24, 2.45) is 5.92 Å². The summed E-state index contributed by atoms with van der Waals surface area (Å²) in [5.74, 6) is 1.84. The average Bonchev–Trinajstić information content (AvgIpc) is 3.44. The summed E-state index contributed by atoms with van der Waals surface area (Å²) in [5, 5.41) is 3.08. The standard InChI is InChI=1S/C24H24N4O2/c29-24(18-5-3-13-28(15-18)16-20-6-4-14-30-20)25-19-11-9-17(10-12-19)23-26-21-7-1-2-8-22(21)27-23/h1-2,4,6-12,14,18H,3,5,13,15-16H2,(H,25,29)(H,26,27)/t18-/m1/s1. The summed E-state index contributed by atoms with van der Waals surface area (Å²) in [5.41, 5.74) is 3.76. The van der Waals surface area contributed by atoms with Crippen molar-refractivity contribution in [3.8, 4) is 11.4 Å². The SMILES string of the molecule is O=C(Nc1ccc(-c2nc3ccccc3[nH]2)cc1)[C@@H]1CCCN(Cc2ccco2)C1. The molecule has 1 aliphatic heterocycles. The molecule has 3 heterocycles. The molecule has 2 N–H and O–H groups in total. The molecule has 5 rings (SSSR count). The molecule has 0 saturated carbocycles. The lowest BCUT2D eigenvalue weighted by Gasteiger charge is -2.31. The number of nitrogens with one attached hydrogen (secondary N) is 2. The Balaban J connectivity index is 1.22. The number of hydrogen-bond acceptors (Lipinski definition) is 4. The van der Waals surface area contributed by atoms with Gasteiger partial charge in [-0.1, -0.05) is 12.1 Å². The van der Waals surface area contributed by atoms with Crippen molar-refractivity contribution in [1.29, 1.82) is 0 Å². The van der Waals surface area contributed by atoms with Gasteiger partial charge in [-0.05, 0) is 67.9 Å². The van der Waals surface area contributed by atoms with Crippen LogP contribution in [0.2, 0.25) is 0 Å². The Morgan fingerprint density at radius 3 is 2.80 bits per heavy atom. The number of amides is 1. The van der Waals surface area contributed by atoms with E-state index in [1.54, 1.807) is 6.26 Å². The number of aromatic amines is 1. The Hall–Kier alpha value is -3.38. The first-order valence-corrected chi connectivity index (χ1v) is 10.4. The fourth-order valence-corrected chi connectivity index (χ4v) is 4.08. The van der Waals surface area contributed by atoms with Crippen molar-refractivity contribution in [3.63, 3.8) is 0 Å². The van der Waals surface area contributed by atoms with Gasteiger partial charge in [-0.2, -0.15) is 0 Å². The largest absolute Gasteiger partial charge is 0.468 e. The quantitative estimate of drug-likeness (QED) is 0.510. The first-order valence-electron chi connectivity index (χ1n) is 10.4. The fraction of sp³-hybridized carbons (Fsp3) is 0.250. The van der Waals surface area contributed by atoms with E-state index in [0.717, 1.165) is 66.3 Å². The van der Waals surface area contributed by atoms with Crippen LogP contribution in [-0.2, 0) is 11.3 Å². The number of fused-ring (bicyclic) bond motifs is 1. The highest BCUT2D eigenvalue weighted by Crippen LogP contribution is 2.24. The number of carbonyl (C=O) groups excluding carboxylic acids is 1. The van der Waals surface area contributed by atoms with Gasteiger partial charge in [0.05, 0.1) is 29.8 Å². The normalized spacial score (nSPS) is 17.3. The molecule has 1 aliphatic rings. The molecule has 1 amide bonds. The van der Waals surface area contributed by atoms with Crippen LogP contribution in [0.15, 0.2) is 71.3 Å². The van der Waals surface area contributed by atoms with Crippen LogP contribution >= 0.6 is 0 Å². The lowest BCUT2D eigenvalue weighted by Crippen LogP contribution is -2.40. The number of H-pyrrole nitrogens is 1. The van der Waals surface area contributed by atoms with Gasteiger partial charge in [0.2, 0.25) is 5.91 Å². The predicted molar refractivity (Wildman–Crippen MR) is 117 cm³/mol. The Morgan fingerprint density at radius 2 is 2.00 bits per heavy atom. The number of rotatable bonds is 5. The molecule has 6 nitrogen and oxygen atoms in total. The van der Waals surface area contributed by atoms with Gasteiger partial charge in [-0.15, -0.1) is 0 Å². The van der Waals surface area contributed by atoms with E-state index >= 15 is 0 Å². The van der Waals surface area contributed by atoms with E-state index in [1.165, 1.54) is 0 Å². The van der Waals surface area contributed by atoms with Crippen molar-refractivity contribution in [1.82, 2.24) is 14.9 Å². The summed E-state index contributed by atoms with van der Waals surface area (Å²) in [7, 11) is 0. The van der Waals surface area contributed by atoms with Crippen LogP contribution in [0.3, 0.4) is 0 Å². The number of nitrogens with zero attached hydrogens (tertiary/aromatic N) is 2. The van der Waals surface area contributed by atoms with Crippen molar-refractivity contribution in [2.45, 2.75) is 19.4 Å². The van der Waals surface area contributed by atoms with Crippen LogP contribution in [0.1, 0.15) is 18.6 Å². The highest BCUT2D eigenvalue weighted by Gasteiger charge is 2.26. The molecule has 1 atom stereocenters. The van der Waals surface area contributed by atoms with E-state index in [1.807, 2.05) is 60.7 Å². The van der Waals surface area contributed by atoms with Crippen molar-refractivity contribution >= 4 is 22.6 Å². The van der Waals surface area contributed by atoms with Crippen LogP contribution in [0.5, 0.6) is 0 Å². The lowest BCUT2D eigenvalue weighted by atomic mass is 9.97. The van der Waals surface area contributed by atoms with E-state index in [9.17, 15) is 4.79 Å². The van der Waals surface area contributed by atoms with E-state index in [0.29, 0.717) is 0 Å². The number of imidazole rings is 1. The zero-order chi connectivity index (χ0) is 20.3. The summed E-state index contributed by atoms with van der Waals surface area (Å²) >= 11 is 0. The molecule has 30 heavy (non-hydrogen) atoms. The number of hydrogen-bond donors (Lipinski definition) is 2. The predicted octanol–water partition coefficient (Wildman–Crippen LogP) is 4.67. The van der Waals surface area contributed by atoms with Crippen LogP contribution in [0, 0.1) is 5.92 Å².